The Morgan fingerprint density at radius 2 is 1.87 bits per heavy atom. The Morgan fingerprint density at radius 3 is 2.45 bits per heavy atom. The molecule has 0 saturated carbocycles. The van der Waals surface area contributed by atoms with Crippen molar-refractivity contribution in [3.05, 3.63) is 63.7 Å². The summed E-state index contributed by atoms with van der Waals surface area (Å²) < 4.78 is 55.1. The number of rotatable bonds is 6. The SMILES string of the molecule is COc1cc(C)cc(C)c1C(OCC(=O)O)(N1Cc2ccc(C#N)cc2C1)C(F)(F)F. The monoisotopic (exact) mass is 434 g/mol. The molecule has 2 aromatic rings. The molecular weight excluding hydrogens is 413 g/mol. The Kier molecular flexibility index (Phi) is 5.98. The van der Waals surface area contributed by atoms with Crippen LogP contribution in [0.1, 0.15) is 33.4 Å². The fraction of sp³-hybridized carbons (Fsp3) is 0.364. The van der Waals surface area contributed by atoms with Crippen molar-refractivity contribution < 1.29 is 32.5 Å². The predicted molar refractivity (Wildman–Crippen MR) is 104 cm³/mol. The summed E-state index contributed by atoms with van der Waals surface area (Å²) >= 11 is 0. The zero-order chi connectivity index (χ0) is 23.0. The first-order valence-corrected chi connectivity index (χ1v) is 9.38. The molecule has 6 nitrogen and oxygen atoms in total. The second-order valence-corrected chi connectivity index (χ2v) is 7.43. The van der Waals surface area contributed by atoms with Gasteiger partial charge in [-0.05, 0) is 54.3 Å². The molecule has 9 heteroatoms. The lowest BCUT2D eigenvalue weighted by Gasteiger charge is -2.43. The first kappa shape index (κ1) is 22.6. The molecule has 1 unspecified atom stereocenters. The van der Waals surface area contributed by atoms with E-state index in [2.05, 4.69) is 0 Å². The van der Waals surface area contributed by atoms with E-state index in [0.717, 1.165) is 4.90 Å². The number of halogens is 3. The van der Waals surface area contributed by atoms with Gasteiger partial charge >= 0.3 is 12.1 Å². The summed E-state index contributed by atoms with van der Waals surface area (Å²) in [5.41, 5.74) is -0.925. The Labute approximate surface area is 177 Å². The van der Waals surface area contributed by atoms with Crippen molar-refractivity contribution in [2.45, 2.75) is 38.8 Å². The maximum atomic E-state index is 14.9. The number of carboxylic acids is 1. The first-order chi connectivity index (χ1) is 14.5. The highest BCUT2D eigenvalue weighted by molar-refractivity contribution is 5.68. The van der Waals surface area contributed by atoms with E-state index in [1.165, 1.54) is 32.2 Å². The van der Waals surface area contributed by atoms with Crippen molar-refractivity contribution in [3.63, 3.8) is 0 Å². The lowest BCUT2D eigenvalue weighted by atomic mass is 9.92. The second-order valence-electron chi connectivity index (χ2n) is 7.43. The summed E-state index contributed by atoms with van der Waals surface area (Å²) in [7, 11) is 1.26. The third kappa shape index (κ3) is 3.96. The van der Waals surface area contributed by atoms with E-state index < -0.39 is 24.5 Å². The van der Waals surface area contributed by atoms with Crippen LogP contribution < -0.4 is 4.74 Å². The largest absolute Gasteiger partial charge is 0.496 e. The summed E-state index contributed by atoms with van der Waals surface area (Å²) in [4.78, 5) is 12.3. The third-order valence-corrected chi connectivity index (χ3v) is 5.29. The van der Waals surface area contributed by atoms with E-state index in [4.69, 9.17) is 19.8 Å². The molecule has 1 aliphatic heterocycles. The van der Waals surface area contributed by atoms with E-state index in [-0.39, 0.29) is 30.0 Å². The average Bonchev–Trinajstić information content (AvgIpc) is 3.11. The highest BCUT2D eigenvalue weighted by atomic mass is 19.4. The van der Waals surface area contributed by atoms with Crippen LogP contribution in [0.3, 0.4) is 0 Å². The van der Waals surface area contributed by atoms with Gasteiger partial charge in [0.05, 0.1) is 24.3 Å². The number of ether oxygens (including phenoxy) is 2. The molecule has 3 rings (SSSR count). The van der Waals surface area contributed by atoms with Gasteiger partial charge in [0, 0.05) is 13.1 Å². The molecule has 0 fully saturated rings. The highest BCUT2D eigenvalue weighted by Crippen LogP contribution is 2.52. The lowest BCUT2D eigenvalue weighted by Crippen LogP contribution is -2.57. The number of benzene rings is 2. The number of carbonyl (C=O) groups is 1. The first-order valence-electron chi connectivity index (χ1n) is 9.38. The van der Waals surface area contributed by atoms with Gasteiger partial charge in [-0.2, -0.15) is 18.4 Å². The summed E-state index contributed by atoms with van der Waals surface area (Å²) in [6.45, 7) is 1.75. The molecule has 0 aromatic heterocycles. The van der Waals surface area contributed by atoms with Gasteiger partial charge in [0.25, 0.3) is 5.72 Å². The molecular formula is C22H21F3N2O4. The number of methoxy groups -OCH3 is 1. The Balaban J connectivity index is 2.25. The number of nitriles is 1. The van der Waals surface area contributed by atoms with E-state index >= 15 is 0 Å². The number of nitrogens with zero attached hydrogens (tertiary/aromatic N) is 2. The van der Waals surface area contributed by atoms with Crippen LogP contribution >= 0.6 is 0 Å². The third-order valence-electron chi connectivity index (χ3n) is 5.29. The zero-order valence-corrected chi connectivity index (χ0v) is 17.2. The summed E-state index contributed by atoms with van der Waals surface area (Å²) in [5.74, 6) is -1.57. The van der Waals surface area contributed by atoms with Gasteiger partial charge < -0.3 is 14.6 Å². The molecule has 1 N–H and O–H groups in total. The van der Waals surface area contributed by atoms with Gasteiger partial charge in [-0.25, -0.2) is 4.79 Å². The number of aliphatic carboxylic acids is 1. The van der Waals surface area contributed by atoms with Crippen LogP contribution in [0.25, 0.3) is 0 Å². The van der Waals surface area contributed by atoms with Crippen LogP contribution in [0.5, 0.6) is 5.75 Å². The maximum Gasteiger partial charge on any atom is 0.436 e. The van der Waals surface area contributed by atoms with Gasteiger partial charge in [0.15, 0.2) is 0 Å². The normalized spacial score (nSPS) is 15.8. The predicted octanol–water partition coefficient (Wildman–Crippen LogP) is 4.02. The van der Waals surface area contributed by atoms with Crippen LogP contribution in [0, 0.1) is 25.2 Å². The van der Waals surface area contributed by atoms with Crippen molar-refractivity contribution in [3.8, 4) is 11.8 Å². The molecule has 0 bridgehead atoms. The Hall–Kier alpha value is -3.09. The number of carboxylic acid groups (broad SMARTS) is 1. The average molecular weight is 434 g/mol. The number of hydrogen-bond donors (Lipinski definition) is 1. The second kappa shape index (κ2) is 8.21. The van der Waals surface area contributed by atoms with E-state index in [1.54, 1.807) is 19.1 Å². The van der Waals surface area contributed by atoms with Gasteiger partial charge in [-0.15, -0.1) is 0 Å². The van der Waals surface area contributed by atoms with Crippen LogP contribution in [0.15, 0.2) is 30.3 Å². The molecule has 2 aromatic carbocycles. The van der Waals surface area contributed by atoms with Gasteiger partial charge in [-0.3, -0.25) is 4.90 Å². The van der Waals surface area contributed by atoms with Crippen LogP contribution in [-0.2, 0) is 28.3 Å². The van der Waals surface area contributed by atoms with Gasteiger partial charge in [0.1, 0.15) is 12.4 Å². The quantitative estimate of drug-likeness (QED) is 0.740. The summed E-state index contributed by atoms with van der Waals surface area (Å²) in [6, 6.07) is 9.68. The maximum absolute atomic E-state index is 14.9. The van der Waals surface area contributed by atoms with Crippen molar-refractivity contribution in [1.82, 2.24) is 4.90 Å². The highest BCUT2D eigenvalue weighted by Gasteiger charge is 2.64. The number of fused-ring (bicyclic) bond motifs is 1. The molecule has 31 heavy (non-hydrogen) atoms. The minimum absolute atomic E-state index is 0.0473. The fourth-order valence-electron chi connectivity index (χ4n) is 4.10. The molecule has 1 aliphatic rings. The zero-order valence-electron chi connectivity index (χ0n) is 17.2. The fourth-order valence-corrected chi connectivity index (χ4v) is 4.10. The number of aryl methyl sites for hydroxylation is 2. The van der Waals surface area contributed by atoms with E-state index in [0.29, 0.717) is 22.3 Å². The van der Waals surface area contributed by atoms with Crippen molar-refractivity contribution >= 4 is 5.97 Å². The number of alkyl halides is 3. The molecule has 0 saturated heterocycles. The molecule has 0 spiro atoms. The van der Waals surface area contributed by atoms with Crippen molar-refractivity contribution in [2.75, 3.05) is 13.7 Å². The van der Waals surface area contributed by atoms with Crippen LogP contribution in [0.4, 0.5) is 13.2 Å². The Bertz CT molecular complexity index is 1060. The van der Waals surface area contributed by atoms with Gasteiger partial charge in [-0.1, -0.05) is 12.1 Å². The summed E-state index contributed by atoms with van der Waals surface area (Å²) in [6.07, 6.45) is -5.00. The van der Waals surface area contributed by atoms with Crippen molar-refractivity contribution in [1.29, 1.82) is 5.26 Å². The molecule has 0 amide bonds. The number of hydrogen-bond acceptors (Lipinski definition) is 5. The van der Waals surface area contributed by atoms with Crippen LogP contribution in [0.2, 0.25) is 0 Å². The van der Waals surface area contributed by atoms with E-state index in [9.17, 15) is 18.0 Å². The minimum atomic E-state index is -5.00. The van der Waals surface area contributed by atoms with E-state index in [1.807, 2.05) is 6.07 Å². The van der Waals surface area contributed by atoms with Gasteiger partial charge in [0.2, 0.25) is 0 Å². The molecule has 1 atom stereocenters. The standard InChI is InChI=1S/C22H21F3N2O4/c1-13-6-14(2)20(18(7-13)30-3)21(22(23,24)25,31-12-19(28)29)27-10-16-5-4-15(9-26)8-17(16)11-27/h4-8H,10-12H2,1-3H3,(H,28,29). The van der Waals surface area contributed by atoms with Crippen LogP contribution in [-0.4, -0.2) is 35.9 Å². The Morgan fingerprint density at radius 1 is 1.19 bits per heavy atom. The lowest BCUT2D eigenvalue weighted by molar-refractivity contribution is -0.343. The molecule has 0 aliphatic carbocycles. The minimum Gasteiger partial charge on any atom is -0.496 e. The smallest absolute Gasteiger partial charge is 0.436 e. The summed E-state index contributed by atoms with van der Waals surface area (Å²) in [5, 5.41) is 18.3. The molecule has 1 heterocycles. The topological polar surface area (TPSA) is 82.8 Å². The molecule has 164 valence electrons. The molecule has 0 radical (unpaired) electrons. The van der Waals surface area contributed by atoms with Crippen molar-refractivity contribution in [2.24, 2.45) is 0 Å².